The number of pyridine rings is 1. The Balaban J connectivity index is 2.84. The van der Waals surface area contributed by atoms with Crippen LogP contribution in [-0.2, 0) is 0 Å². The Morgan fingerprint density at radius 1 is 1.19 bits per heavy atom. The molecule has 16 heavy (non-hydrogen) atoms. The Kier molecular flexibility index (Phi) is 2.44. The van der Waals surface area contributed by atoms with E-state index in [-0.39, 0.29) is 11.1 Å². The average molecular weight is 220 g/mol. The molecule has 0 amide bonds. The second-order valence-corrected chi connectivity index (χ2v) is 3.33. The van der Waals surface area contributed by atoms with Crippen molar-refractivity contribution in [1.82, 2.24) is 4.98 Å². The lowest BCUT2D eigenvalue weighted by Crippen LogP contribution is -2.09. The van der Waals surface area contributed by atoms with Crippen LogP contribution < -0.4 is 20.6 Å². The predicted molar refractivity (Wildman–Crippen MR) is 62.1 cm³/mol. The van der Waals surface area contributed by atoms with Crippen molar-refractivity contribution in [2.75, 3.05) is 20.0 Å². The molecule has 84 valence electrons. The third-order valence-electron chi connectivity index (χ3n) is 2.41. The van der Waals surface area contributed by atoms with E-state index in [0.717, 1.165) is 0 Å². The van der Waals surface area contributed by atoms with E-state index in [4.69, 9.17) is 15.2 Å². The van der Waals surface area contributed by atoms with E-state index in [0.29, 0.717) is 22.4 Å². The summed E-state index contributed by atoms with van der Waals surface area (Å²) in [6, 6.07) is 3.32. The first kappa shape index (κ1) is 10.4. The minimum atomic E-state index is -0.213. The van der Waals surface area contributed by atoms with Gasteiger partial charge in [0.25, 0.3) is 0 Å². The summed E-state index contributed by atoms with van der Waals surface area (Å²) in [6.45, 7) is 0. The Hall–Kier alpha value is -2.17. The largest absolute Gasteiger partial charge is 0.493 e. The van der Waals surface area contributed by atoms with Crippen LogP contribution in [0.4, 0.5) is 5.69 Å². The van der Waals surface area contributed by atoms with Crippen LogP contribution in [0.1, 0.15) is 0 Å². The summed E-state index contributed by atoms with van der Waals surface area (Å²) in [6.07, 6.45) is 1.47. The number of fused-ring (bicyclic) bond motifs is 1. The maximum absolute atomic E-state index is 11.8. The number of rotatable bonds is 2. The molecule has 2 rings (SSSR count). The molecule has 0 fully saturated rings. The summed E-state index contributed by atoms with van der Waals surface area (Å²) in [5, 5.41) is 0.484. The molecule has 0 aliphatic heterocycles. The highest BCUT2D eigenvalue weighted by Crippen LogP contribution is 2.30. The topological polar surface area (TPSA) is 77.3 Å². The maximum Gasteiger partial charge on any atom is 0.212 e. The zero-order valence-corrected chi connectivity index (χ0v) is 9.03. The first-order chi connectivity index (χ1) is 7.67. The first-order valence-electron chi connectivity index (χ1n) is 4.70. The van der Waals surface area contributed by atoms with Crippen molar-refractivity contribution in [1.29, 1.82) is 0 Å². The Labute approximate surface area is 91.8 Å². The zero-order chi connectivity index (χ0) is 11.7. The van der Waals surface area contributed by atoms with Crippen LogP contribution in [0.25, 0.3) is 10.9 Å². The lowest BCUT2D eigenvalue weighted by atomic mass is 10.2. The Morgan fingerprint density at radius 2 is 1.81 bits per heavy atom. The summed E-state index contributed by atoms with van der Waals surface area (Å²) in [5.41, 5.74) is 6.16. The van der Waals surface area contributed by atoms with Gasteiger partial charge in [0.05, 0.1) is 30.8 Å². The summed E-state index contributed by atoms with van der Waals surface area (Å²) in [4.78, 5) is 14.7. The van der Waals surface area contributed by atoms with Gasteiger partial charge in [-0.15, -0.1) is 0 Å². The number of nitrogens with one attached hydrogen (secondary N) is 1. The van der Waals surface area contributed by atoms with Gasteiger partial charge in [-0.2, -0.15) is 0 Å². The number of aromatic nitrogens is 1. The van der Waals surface area contributed by atoms with Crippen LogP contribution in [0.5, 0.6) is 11.5 Å². The number of hydrogen-bond acceptors (Lipinski definition) is 4. The number of benzene rings is 1. The quantitative estimate of drug-likeness (QED) is 0.795. The second kappa shape index (κ2) is 3.77. The molecule has 0 unspecified atom stereocenters. The number of hydrogen-bond donors (Lipinski definition) is 2. The molecule has 0 saturated heterocycles. The lowest BCUT2D eigenvalue weighted by Gasteiger charge is -2.08. The van der Waals surface area contributed by atoms with Crippen molar-refractivity contribution < 1.29 is 9.47 Å². The zero-order valence-electron chi connectivity index (χ0n) is 9.03. The highest BCUT2D eigenvalue weighted by atomic mass is 16.5. The molecule has 1 aromatic carbocycles. The van der Waals surface area contributed by atoms with Gasteiger partial charge in [-0.1, -0.05) is 0 Å². The van der Waals surface area contributed by atoms with Gasteiger partial charge in [-0.3, -0.25) is 4.79 Å². The molecule has 1 heterocycles. The van der Waals surface area contributed by atoms with Gasteiger partial charge in [0.1, 0.15) is 0 Å². The van der Waals surface area contributed by atoms with Gasteiger partial charge in [-0.05, 0) is 6.07 Å². The van der Waals surface area contributed by atoms with Crippen molar-refractivity contribution in [2.45, 2.75) is 0 Å². The fraction of sp³-hybridized carbons (Fsp3) is 0.182. The van der Waals surface area contributed by atoms with Crippen LogP contribution in [0.3, 0.4) is 0 Å². The summed E-state index contributed by atoms with van der Waals surface area (Å²) >= 11 is 0. The summed E-state index contributed by atoms with van der Waals surface area (Å²) in [7, 11) is 3.06. The van der Waals surface area contributed by atoms with Crippen molar-refractivity contribution in [3.63, 3.8) is 0 Å². The maximum atomic E-state index is 11.8. The highest BCUT2D eigenvalue weighted by Gasteiger charge is 2.09. The van der Waals surface area contributed by atoms with Crippen LogP contribution >= 0.6 is 0 Å². The smallest absolute Gasteiger partial charge is 0.212 e. The third kappa shape index (κ3) is 1.46. The molecular weight excluding hydrogens is 208 g/mol. The molecule has 1 aromatic heterocycles. The van der Waals surface area contributed by atoms with Gasteiger partial charge >= 0.3 is 0 Å². The van der Waals surface area contributed by atoms with Gasteiger partial charge in [0.15, 0.2) is 11.5 Å². The summed E-state index contributed by atoms with van der Waals surface area (Å²) in [5.74, 6) is 1.07. The molecule has 0 aliphatic carbocycles. The fourth-order valence-electron chi connectivity index (χ4n) is 1.56. The van der Waals surface area contributed by atoms with Crippen LogP contribution in [0.2, 0.25) is 0 Å². The SMILES string of the molecule is COc1cc2[nH]cc(N)c(=O)c2cc1OC. The van der Waals surface area contributed by atoms with Crippen LogP contribution in [0.15, 0.2) is 23.1 Å². The molecule has 0 spiro atoms. The molecular formula is C11H12N2O3. The van der Waals surface area contributed by atoms with E-state index in [1.807, 2.05) is 0 Å². The third-order valence-corrected chi connectivity index (χ3v) is 2.41. The van der Waals surface area contributed by atoms with E-state index in [1.165, 1.54) is 13.3 Å². The molecule has 0 saturated carbocycles. The molecule has 0 aliphatic rings. The highest BCUT2D eigenvalue weighted by molar-refractivity contribution is 5.84. The number of nitrogen functional groups attached to an aromatic ring is 1. The monoisotopic (exact) mass is 220 g/mol. The van der Waals surface area contributed by atoms with E-state index < -0.39 is 0 Å². The van der Waals surface area contributed by atoms with Crippen molar-refractivity contribution in [2.24, 2.45) is 0 Å². The van der Waals surface area contributed by atoms with Crippen LogP contribution in [0, 0.1) is 0 Å². The number of methoxy groups -OCH3 is 2. The number of nitrogens with two attached hydrogens (primary N) is 1. The van der Waals surface area contributed by atoms with Crippen molar-refractivity contribution in [3.05, 3.63) is 28.6 Å². The fourth-order valence-corrected chi connectivity index (χ4v) is 1.56. The standard InChI is InChI=1S/C11H12N2O3/c1-15-9-3-6-8(4-10(9)16-2)13-5-7(12)11(6)14/h3-5H,12H2,1-2H3,(H,13,14). The molecule has 0 radical (unpaired) electrons. The van der Waals surface area contributed by atoms with Gasteiger partial charge in [0, 0.05) is 12.3 Å². The van der Waals surface area contributed by atoms with Gasteiger partial charge < -0.3 is 20.2 Å². The minimum Gasteiger partial charge on any atom is -0.493 e. The normalized spacial score (nSPS) is 10.4. The number of H-pyrrole nitrogens is 1. The Bertz CT molecular complexity index is 590. The predicted octanol–water partition coefficient (Wildman–Crippen LogP) is 1.13. The average Bonchev–Trinajstić information content (AvgIpc) is 2.32. The number of ether oxygens (including phenoxy) is 2. The minimum absolute atomic E-state index is 0.180. The molecule has 0 bridgehead atoms. The second-order valence-electron chi connectivity index (χ2n) is 3.33. The van der Waals surface area contributed by atoms with E-state index in [2.05, 4.69) is 4.98 Å². The number of aromatic amines is 1. The number of anilines is 1. The first-order valence-corrected chi connectivity index (χ1v) is 4.70. The van der Waals surface area contributed by atoms with Crippen LogP contribution in [-0.4, -0.2) is 19.2 Å². The van der Waals surface area contributed by atoms with E-state index in [9.17, 15) is 4.79 Å². The Morgan fingerprint density at radius 3 is 2.44 bits per heavy atom. The van der Waals surface area contributed by atoms with Crippen molar-refractivity contribution >= 4 is 16.6 Å². The molecule has 2 aromatic rings. The molecule has 5 nitrogen and oxygen atoms in total. The van der Waals surface area contributed by atoms with Gasteiger partial charge in [-0.25, -0.2) is 0 Å². The van der Waals surface area contributed by atoms with Crippen molar-refractivity contribution in [3.8, 4) is 11.5 Å². The molecule has 0 atom stereocenters. The van der Waals surface area contributed by atoms with E-state index >= 15 is 0 Å². The van der Waals surface area contributed by atoms with E-state index in [1.54, 1.807) is 19.2 Å². The van der Waals surface area contributed by atoms with Gasteiger partial charge in [0.2, 0.25) is 5.43 Å². The lowest BCUT2D eigenvalue weighted by molar-refractivity contribution is 0.356. The summed E-state index contributed by atoms with van der Waals surface area (Å²) < 4.78 is 10.3. The molecule has 3 N–H and O–H groups in total. The molecule has 5 heteroatoms.